The van der Waals surface area contributed by atoms with Crippen LogP contribution >= 0.6 is 15.9 Å². The molecule has 3 heteroatoms. The topological polar surface area (TPSA) is 26.3 Å². The van der Waals surface area contributed by atoms with Crippen molar-refractivity contribution in [3.05, 3.63) is 42.4 Å². The molecule has 0 fully saturated rings. The van der Waals surface area contributed by atoms with Crippen molar-refractivity contribution in [3.63, 3.8) is 0 Å². The molecule has 0 saturated carbocycles. The third-order valence-corrected chi connectivity index (χ3v) is 2.58. The molecule has 1 aliphatic carbocycles. The zero-order valence-corrected chi connectivity index (χ0v) is 8.87. The Labute approximate surface area is 86.1 Å². The summed E-state index contributed by atoms with van der Waals surface area (Å²) in [6.45, 7) is 3.75. The van der Waals surface area contributed by atoms with Crippen LogP contribution in [0, 0.1) is 6.42 Å². The predicted molar refractivity (Wildman–Crippen MR) is 55.4 cm³/mol. The number of carbonyl (C=O) groups is 1. The second-order valence-electron chi connectivity index (χ2n) is 2.63. The molecule has 2 nitrogen and oxygen atoms in total. The quantitative estimate of drug-likeness (QED) is 0.421. The Kier molecular flexibility index (Phi) is 3.37. The number of hydrogen-bond donors (Lipinski definition) is 0. The van der Waals surface area contributed by atoms with Gasteiger partial charge in [0.05, 0.1) is 18.3 Å². The Morgan fingerprint density at radius 2 is 2.38 bits per heavy atom. The van der Waals surface area contributed by atoms with Gasteiger partial charge in [0.25, 0.3) is 0 Å². The smallest absolute Gasteiger partial charge is 0.333 e. The molecule has 0 aromatic heterocycles. The third-order valence-electron chi connectivity index (χ3n) is 1.68. The molecule has 0 aliphatic heterocycles. The lowest BCUT2D eigenvalue weighted by Crippen LogP contribution is -2.17. The summed E-state index contributed by atoms with van der Waals surface area (Å²) in [7, 11) is 1.37. The minimum Gasteiger partial charge on any atom is -0.467 e. The maximum Gasteiger partial charge on any atom is 0.333 e. The molecule has 68 valence electrons. The SMILES string of the molecule is C=C1C=CC(C(Br)C(=O)OC)=C[CH+]1. The molecule has 0 heterocycles. The zero-order valence-electron chi connectivity index (χ0n) is 7.29. The zero-order chi connectivity index (χ0) is 9.84. The highest BCUT2D eigenvalue weighted by Crippen LogP contribution is 2.21. The Morgan fingerprint density at radius 1 is 1.69 bits per heavy atom. The van der Waals surface area contributed by atoms with Gasteiger partial charge in [-0.2, -0.15) is 0 Å². The van der Waals surface area contributed by atoms with Crippen LogP contribution in [-0.2, 0) is 9.53 Å². The van der Waals surface area contributed by atoms with Crippen molar-refractivity contribution >= 4 is 21.9 Å². The van der Waals surface area contributed by atoms with Crippen LogP contribution < -0.4 is 0 Å². The number of rotatable bonds is 2. The van der Waals surface area contributed by atoms with E-state index < -0.39 is 4.83 Å². The first-order valence-electron chi connectivity index (χ1n) is 3.79. The van der Waals surface area contributed by atoms with E-state index in [0.717, 1.165) is 11.1 Å². The van der Waals surface area contributed by atoms with Crippen LogP contribution in [0.3, 0.4) is 0 Å². The number of hydrogen-bond acceptors (Lipinski definition) is 2. The summed E-state index contributed by atoms with van der Waals surface area (Å²) in [6, 6.07) is 0. The van der Waals surface area contributed by atoms with Gasteiger partial charge < -0.3 is 4.74 Å². The summed E-state index contributed by atoms with van der Waals surface area (Å²) >= 11 is 3.24. The molecule has 0 amide bonds. The highest BCUT2D eigenvalue weighted by molar-refractivity contribution is 9.10. The fraction of sp³-hybridized carbons (Fsp3) is 0.200. The van der Waals surface area contributed by atoms with Gasteiger partial charge in [-0.1, -0.05) is 15.9 Å². The van der Waals surface area contributed by atoms with Crippen LogP contribution in [0.2, 0.25) is 0 Å². The van der Waals surface area contributed by atoms with E-state index in [0.29, 0.717) is 0 Å². The third kappa shape index (κ3) is 2.49. The van der Waals surface area contributed by atoms with Crippen LogP contribution in [0.25, 0.3) is 0 Å². The second kappa shape index (κ2) is 4.33. The summed E-state index contributed by atoms with van der Waals surface area (Å²) in [4.78, 5) is 10.7. The first-order chi connectivity index (χ1) is 6.15. The normalized spacial score (nSPS) is 17.4. The van der Waals surface area contributed by atoms with E-state index in [1.807, 2.05) is 24.6 Å². The van der Waals surface area contributed by atoms with Gasteiger partial charge in [0.2, 0.25) is 0 Å². The van der Waals surface area contributed by atoms with Gasteiger partial charge in [-0.3, -0.25) is 0 Å². The van der Waals surface area contributed by atoms with Gasteiger partial charge >= 0.3 is 5.97 Å². The fourth-order valence-electron chi connectivity index (χ4n) is 0.926. The van der Waals surface area contributed by atoms with E-state index in [1.165, 1.54) is 7.11 Å². The Morgan fingerprint density at radius 3 is 2.85 bits per heavy atom. The van der Waals surface area contributed by atoms with E-state index in [4.69, 9.17) is 0 Å². The lowest BCUT2D eigenvalue weighted by atomic mass is 10.0. The Balaban J connectivity index is 2.69. The van der Waals surface area contributed by atoms with Crippen molar-refractivity contribution in [1.82, 2.24) is 0 Å². The monoisotopic (exact) mass is 241 g/mol. The minimum atomic E-state index is -0.391. The van der Waals surface area contributed by atoms with Crippen molar-refractivity contribution in [2.24, 2.45) is 0 Å². The van der Waals surface area contributed by atoms with Crippen molar-refractivity contribution in [1.29, 1.82) is 0 Å². The lowest BCUT2D eigenvalue weighted by Gasteiger charge is -2.07. The van der Waals surface area contributed by atoms with Crippen molar-refractivity contribution in [3.8, 4) is 0 Å². The Bertz CT molecular complexity index is 289. The van der Waals surface area contributed by atoms with E-state index in [-0.39, 0.29) is 5.97 Å². The van der Waals surface area contributed by atoms with Gasteiger partial charge in [-0.15, -0.1) is 0 Å². The van der Waals surface area contributed by atoms with Crippen molar-refractivity contribution in [2.75, 3.05) is 7.11 Å². The summed E-state index contributed by atoms with van der Waals surface area (Å²) in [5.74, 6) is -0.295. The lowest BCUT2D eigenvalue weighted by molar-refractivity contribution is -0.139. The number of halogens is 1. The molecule has 0 saturated heterocycles. The van der Waals surface area contributed by atoms with E-state index in [9.17, 15) is 4.79 Å². The first kappa shape index (κ1) is 10.1. The predicted octanol–water partition coefficient (Wildman–Crippen LogP) is 2.18. The second-order valence-corrected chi connectivity index (χ2v) is 3.54. The van der Waals surface area contributed by atoms with Crippen LogP contribution in [0.4, 0.5) is 0 Å². The molecule has 0 radical (unpaired) electrons. The summed E-state index contributed by atoms with van der Waals surface area (Å²) in [6.07, 6.45) is 7.40. The summed E-state index contributed by atoms with van der Waals surface area (Å²) in [5, 5.41) is 0. The van der Waals surface area contributed by atoms with Gasteiger partial charge in [0, 0.05) is 24.6 Å². The molecular weight excluding hydrogens is 232 g/mol. The highest BCUT2D eigenvalue weighted by atomic mass is 79.9. The highest BCUT2D eigenvalue weighted by Gasteiger charge is 2.23. The average molecular weight is 242 g/mol. The maximum atomic E-state index is 11.1. The first-order valence-corrected chi connectivity index (χ1v) is 4.70. The van der Waals surface area contributed by atoms with Crippen LogP contribution in [0.1, 0.15) is 0 Å². The number of ether oxygens (including phenoxy) is 1. The molecule has 13 heavy (non-hydrogen) atoms. The van der Waals surface area contributed by atoms with E-state index in [1.54, 1.807) is 0 Å². The molecule has 0 bridgehead atoms. The van der Waals surface area contributed by atoms with Crippen molar-refractivity contribution in [2.45, 2.75) is 4.83 Å². The standard InChI is InChI=1S/C10H10BrO2/c1-7-3-5-8(6-4-7)9(11)10(12)13-2/h3-6,9H,1H2,2H3/q+1. The molecule has 1 atom stereocenters. The minimum absolute atomic E-state index is 0.295. The van der Waals surface area contributed by atoms with E-state index >= 15 is 0 Å². The molecule has 1 aliphatic rings. The number of methoxy groups -OCH3 is 1. The molecule has 0 aromatic carbocycles. The number of allylic oxidation sites excluding steroid dienone is 4. The summed E-state index contributed by atoms with van der Waals surface area (Å²) < 4.78 is 4.60. The molecule has 1 unspecified atom stereocenters. The maximum absolute atomic E-state index is 11.1. The van der Waals surface area contributed by atoms with Crippen LogP contribution in [0.5, 0.6) is 0 Å². The fourth-order valence-corrected chi connectivity index (χ4v) is 1.42. The van der Waals surface area contributed by atoms with Gasteiger partial charge in [-0.25, -0.2) is 4.79 Å². The number of esters is 1. The number of alkyl halides is 1. The molecule has 0 spiro atoms. The number of carbonyl (C=O) groups excluding carboxylic acids is 1. The summed E-state index contributed by atoms with van der Waals surface area (Å²) in [5.41, 5.74) is 1.80. The van der Waals surface area contributed by atoms with E-state index in [2.05, 4.69) is 27.2 Å². The molecule has 1 rings (SSSR count). The van der Waals surface area contributed by atoms with Gasteiger partial charge in [0.15, 0.2) is 4.83 Å². The molecule has 0 aromatic rings. The molecular formula is C10H10BrO2+. The van der Waals surface area contributed by atoms with Crippen LogP contribution in [0.15, 0.2) is 36.0 Å². The van der Waals surface area contributed by atoms with Crippen LogP contribution in [-0.4, -0.2) is 17.9 Å². The van der Waals surface area contributed by atoms with Gasteiger partial charge in [0.1, 0.15) is 0 Å². The van der Waals surface area contributed by atoms with Gasteiger partial charge in [-0.05, 0) is 6.58 Å². The largest absolute Gasteiger partial charge is 0.467 e. The average Bonchev–Trinajstić information content (AvgIpc) is 2.17. The van der Waals surface area contributed by atoms with Crippen molar-refractivity contribution < 1.29 is 9.53 Å². The molecule has 0 N–H and O–H groups in total. The Hall–Kier alpha value is -0.960.